The molecule has 466 valence electrons. The van der Waals surface area contributed by atoms with E-state index in [1.807, 2.05) is 12.2 Å². The summed E-state index contributed by atoms with van der Waals surface area (Å²) in [5.74, 6) is -1.03. The third-order valence-corrected chi connectivity index (χ3v) is 13.7. The number of unbranched alkanes of at least 4 members (excludes halogenated alkanes) is 20. The van der Waals surface area contributed by atoms with E-state index in [0.717, 1.165) is 141 Å². The second-order valence-electron chi connectivity index (χ2n) is 21.6. The SMILES string of the molecule is CC/C=C\C/C=C\C/C=C\C/C=C\C/C=C\C/C=C\CCCCCCCCCCCCCCCCCCC(=O)OCC(COC(=O)CC/C=C\C/C=C\C/C=C\C/C=C\CC)OC(=O)CCCCCC/C=C\C/C=C\C/C=C\C/C=C\CC. The van der Waals surface area contributed by atoms with Crippen molar-refractivity contribution in [3.8, 4) is 0 Å². The van der Waals surface area contributed by atoms with Gasteiger partial charge in [-0.05, 0) is 135 Å². The Labute approximate surface area is 511 Å². The van der Waals surface area contributed by atoms with E-state index >= 15 is 0 Å². The van der Waals surface area contributed by atoms with E-state index in [0.29, 0.717) is 12.8 Å². The standard InChI is InChI=1S/C77H122O6/c1-4-7-10-13-16-19-22-25-27-29-30-31-32-33-34-35-36-37-38-39-40-41-42-43-44-45-46-48-49-52-55-58-61-64-67-70-76(79)82-73-74(72-81-75(78)69-66-63-60-57-54-51-24-21-18-15-12-9-6-3)83-77(80)71-68-65-62-59-56-53-50-47-28-26-23-20-17-14-11-8-5-2/h7-12,16-21,25-28,30-31,33-34,36-37,50-51,53-54,60,63,74H,4-6,13-15,22-24,29,32,35,38-49,52,55-59,61-62,64-73H2,1-3H3/b10-7-,11-8-,12-9-,19-16-,20-17-,21-18-,27-25-,28-26-,31-30-,34-33-,37-36-,53-50-,54-51-,63-60-. The van der Waals surface area contributed by atoms with Crippen molar-refractivity contribution in [1.82, 2.24) is 0 Å². The van der Waals surface area contributed by atoms with Gasteiger partial charge in [-0.2, -0.15) is 0 Å². The van der Waals surface area contributed by atoms with Gasteiger partial charge in [0.1, 0.15) is 13.2 Å². The molecule has 0 aromatic rings. The monoisotopic (exact) mass is 1140 g/mol. The zero-order valence-corrected chi connectivity index (χ0v) is 53.4. The van der Waals surface area contributed by atoms with Crippen LogP contribution in [0.15, 0.2) is 170 Å². The van der Waals surface area contributed by atoms with E-state index in [4.69, 9.17) is 14.2 Å². The molecule has 0 rings (SSSR count). The van der Waals surface area contributed by atoms with E-state index in [2.05, 4.69) is 179 Å². The van der Waals surface area contributed by atoms with Crippen molar-refractivity contribution < 1.29 is 28.6 Å². The van der Waals surface area contributed by atoms with E-state index in [9.17, 15) is 14.4 Å². The summed E-state index contributed by atoms with van der Waals surface area (Å²) in [6.45, 7) is 6.21. The number of carbonyl (C=O) groups excluding carboxylic acids is 3. The summed E-state index contributed by atoms with van der Waals surface area (Å²) >= 11 is 0. The molecule has 0 fully saturated rings. The summed E-state index contributed by atoms with van der Waals surface area (Å²) in [6, 6.07) is 0. The van der Waals surface area contributed by atoms with Crippen molar-refractivity contribution in [3.63, 3.8) is 0 Å². The number of ether oxygens (including phenoxy) is 3. The summed E-state index contributed by atoms with van der Waals surface area (Å²) in [4.78, 5) is 38.3. The van der Waals surface area contributed by atoms with Gasteiger partial charge in [0, 0.05) is 19.3 Å². The van der Waals surface area contributed by atoms with E-state index < -0.39 is 6.10 Å². The van der Waals surface area contributed by atoms with Gasteiger partial charge in [0.15, 0.2) is 6.10 Å². The maximum absolute atomic E-state index is 12.9. The molecule has 83 heavy (non-hydrogen) atoms. The first-order valence-corrected chi connectivity index (χ1v) is 33.6. The fourth-order valence-electron chi connectivity index (χ4n) is 8.80. The lowest BCUT2D eigenvalue weighted by molar-refractivity contribution is -0.166. The van der Waals surface area contributed by atoms with Crippen LogP contribution in [0, 0.1) is 0 Å². The van der Waals surface area contributed by atoms with Gasteiger partial charge in [0.05, 0.1) is 0 Å². The smallest absolute Gasteiger partial charge is 0.306 e. The second kappa shape index (κ2) is 69.3. The van der Waals surface area contributed by atoms with Crippen LogP contribution < -0.4 is 0 Å². The fourth-order valence-corrected chi connectivity index (χ4v) is 8.80. The van der Waals surface area contributed by atoms with Crippen LogP contribution in [0.2, 0.25) is 0 Å². The number of carbonyl (C=O) groups is 3. The first-order valence-electron chi connectivity index (χ1n) is 33.6. The van der Waals surface area contributed by atoms with Crippen molar-refractivity contribution in [1.29, 1.82) is 0 Å². The Morgan fingerprint density at radius 3 is 0.747 bits per heavy atom. The van der Waals surface area contributed by atoms with Crippen molar-refractivity contribution in [2.75, 3.05) is 13.2 Å². The van der Waals surface area contributed by atoms with Crippen LogP contribution in [0.3, 0.4) is 0 Å². The average Bonchev–Trinajstić information content (AvgIpc) is 3.49. The third-order valence-electron chi connectivity index (χ3n) is 13.7. The van der Waals surface area contributed by atoms with E-state index in [-0.39, 0.29) is 44.0 Å². The van der Waals surface area contributed by atoms with Crippen LogP contribution >= 0.6 is 0 Å². The fraction of sp³-hybridized carbons (Fsp3) is 0.597. The van der Waals surface area contributed by atoms with Crippen molar-refractivity contribution in [2.45, 2.75) is 284 Å². The van der Waals surface area contributed by atoms with Crippen LogP contribution in [-0.2, 0) is 28.6 Å². The highest BCUT2D eigenvalue weighted by molar-refractivity contribution is 5.71. The van der Waals surface area contributed by atoms with Gasteiger partial charge in [-0.3, -0.25) is 14.4 Å². The normalized spacial score (nSPS) is 13.2. The van der Waals surface area contributed by atoms with Crippen LogP contribution in [0.1, 0.15) is 278 Å². The molecule has 1 unspecified atom stereocenters. The van der Waals surface area contributed by atoms with E-state index in [1.54, 1.807) is 0 Å². The summed E-state index contributed by atoms with van der Waals surface area (Å²) < 4.78 is 16.8. The summed E-state index contributed by atoms with van der Waals surface area (Å²) in [6.07, 6.45) is 103. The molecule has 0 heterocycles. The zero-order chi connectivity index (χ0) is 59.9. The molecule has 6 heteroatoms. The summed E-state index contributed by atoms with van der Waals surface area (Å²) in [5, 5.41) is 0. The maximum Gasteiger partial charge on any atom is 0.306 e. The third kappa shape index (κ3) is 67.4. The first-order chi connectivity index (χ1) is 41.0. The maximum atomic E-state index is 12.9. The molecule has 0 aromatic heterocycles. The Morgan fingerprint density at radius 1 is 0.241 bits per heavy atom. The number of allylic oxidation sites excluding steroid dienone is 28. The number of esters is 3. The van der Waals surface area contributed by atoms with Gasteiger partial charge in [-0.1, -0.05) is 294 Å². The topological polar surface area (TPSA) is 78.9 Å². The van der Waals surface area contributed by atoms with Crippen molar-refractivity contribution >= 4 is 17.9 Å². The molecule has 0 aromatic carbocycles. The van der Waals surface area contributed by atoms with Gasteiger partial charge in [-0.25, -0.2) is 0 Å². The summed E-state index contributed by atoms with van der Waals surface area (Å²) in [5.41, 5.74) is 0. The predicted molar refractivity (Wildman–Crippen MR) is 361 cm³/mol. The number of hydrogen-bond donors (Lipinski definition) is 0. The minimum atomic E-state index is -0.827. The predicted octanol–water partition coefficient (Wildman–Crippen LogP) is 23.4. The quantitative estimate of drug-likeness (QED) is 0.0261. The van der Waals surface area contributed by atoms with Gasteiger partial charge in [0.25, 0.3) is 0 Å². The minimum Gasteiger partial charge on any atom is -0.462 e. The van der Waals surface area contributed by atoms with Gasteiger partial charge in [0.2, 0.25) is 0 Å². The molecule has 0 aliphatic heterocycles. The molecule has 0 aliphatic rings. The molecule has 1 atom stereocenters. The molecule has 0 saturated heterocycles. The Morgan fingerprint density at radius 2 is 0.458 bits per heavy atom. The lowest BCUT2D eigenvalue weighted by Gasteiger charge is -2.18. The largest absolute Gasteiger partial charge is 0.462 e. The highest BCUT2D eigenvalue weighted by atomic mass is 16.6. The Kier molecular flexibility index (Phi) is 64.9. The molecular formula is C77H122O6. The highest BCUT2D eigenvalue weighted by Gasteiger charge is 2.19. The lowest BCUT2D eigenvalue weighted by atomic mass is 10.0. The lowest BCUT2D eigenvalue weighted by Crippen LogP contribution is -2.30. The molecular weight excluding hydrogens is 1020 g/mol. The molecule has 0 amide bonds. The molecule has 0 aliphatic carbocycles. The molecule has 0 radical (unpaired) electrons. The van der Waals surface area contributed by atoms with Gasteiger partial charge < -0.3 is 14.2 Å². The van der Waals surface area contributed by atoms with Crippen molar-refractivity contribution in [3.05, 3.63) is 170 Å². The molecule has 6 nitrogen and oxygen atoms in total. The van der Waals surface area contributed by atoms with E-state index in [1.165, 1.54) is 89.9 Å². The number of hydrogen-bond acceptors (Lipinski definition) is 6. The van der Waals surface area contributed by atoms with Crippen LogP contribution in [0.5, 0.6) is 0 Å². The Balaban J connectivity index is 4.25. The second-order valence-corrected chi connectivity index (χ2v) is 21.6. The van der Waals surface area contributed by atoms with Crippen LogP contribution in [-0.4, -0.2) is 37.2 Å². The molecule has 0 N–H and O–H groups in total. The molecule has 0 spiro atoms. The average molecular weight is 1140 g/mol. The van der Waals surface area contributed by atoms with Crippen LogP contribution in [0.25, 0.3) is 0 Å². The van der Waals surface area contributed by atoms with Crippen molar-refractivity contribution in [2.24, 2.45) is 0 Å². The number of rotatable bonds is 59. The van der Waals surface area contributed by atoms with Gasteiger partial charge in [-0.15, -0.1) is 0 Å². The molecule has 0 saturated carbocycles. The Bertz CT molecular complexity index is 1890. The van der Waals surface area contributed by atoms with Crippen LogP contribution in [0.4, 0.5) is 0 Å². The van der Waals surface area contributed by atoms with Gasteiger partial charge >= 0.3 is 17.9 Å². The molecule has 0 bridgehead atoms. The summed E-state index contributed by atoms with van der Waals surface area (Å²) in [7, 11) is 0. The Hall–Kier alpha value is -5.23. The highest BCUT2D eigenvalue weighted by Crippen LogP contribution is 2.16. The first kappa shape index (κ1) is 77.8. The minimum absolute atomic E-state index is 0.115. The zero-order valence-electron chi connectivity index (χ0n) is 53.4.